The average molecular weight is 387 g/mol. The van der Waals surface area contributed by atoms with Gasteiger partial charge in [-0.05, 0) is 56.6 Å². The summed E-state index contributed by atoms with van der Waals surface area (Å²) < 4.78 is 4.78. The standard InChI is InChI=1S/C25H38O3/c1-3-4-5-6-7-8-9-10-11-12-13-14-15-16-17-19-22-20-18-21-23(26)24(22)25(27)28-2/h7-8,10-11,18,20-21,26H,3-6,9,12-17,19H2,1-2H3/b8-7-,11-10-. The average Bonchev–Trinajstić information content (AvgIpc) is 2.70. The Labute approximate surface area is 171 Å². The lowest BCUT2D eigenvalue weighted by Crippen LogP contribution is -2.06. The van der Waals surface area contributed by atoms with Gasteiger partial charge in [-0.25, -0.2) is 4.79 Å². The molecule has 0 heterocycles. The minimum absolute atomic E-state index is 0.00643. The highest BCUT2D eigenvalue weighted by molar-refractivity contribution is 5.94. The van der Waals surface area contributed by atoms with Crippen LogP contribution in [0.2, 0.25) is 0 Å². The largest absolute Gasteiger partial charge is 0.507 e. The van der Waals surface area contributed by atoms with E-state index in [1.807, 2.05) is 6.07 Å². The normalized spacial score (nSPS) is 11.5. The third-order valence-corrected chi connectivity index (χ3v) is 4.92. The first-order chi connectivity index (χ1) is 13.7. The van der Waals surface area contributed by atoms with Crippen molar-refractivity contribution in [3.05, 3.63) is 53.6 Å². The van der Waals surface area contributed by atoms with Crippen molar-refractivity contribution in [1.29, 1.82) is 0 Å². The number of hydrogen-bond donors (Lipinski definition) is 1. The van der Waals surface area contributed by atoms with Crippen LogP contribution in [-0.2, 0) is 11.2 Å². The van der Waals surface area contributed by atoms with Gasteiger partial charge in [0.25, 0.3) is 0 Å². The maximum atomic E-state index is 11.8. The number of ether oxygens (including phenoxy) is 1. The minimum Gasteiger partial charge on any atom is -0.507 e. The first-order valence-corrected chi connectivity index (χ1v) is 10.9. The Morgan fingerprint density at radius 3 is 2.25 bits per heavy atom. The van der Waals surface area contributed by atoms with Crippen molar-refractivity contribution < 1.29 is 14.6 Å². The molecule has 3 nitrogen and oxygen atoms in total. The van der Waals surface area contributed by atoms with Crippen LogP contribution in [0, 0.1) is 0 Å². The quantitative estimate of drug-likeness (QED) is 0.198. The van der Waals surface area contributed by atoms with E-state index in [0.717, 1.165) is 37.7 Å². The maximum Gasteiger partial charge on any atom is 0.341 e. The van der Waals surface area contributed by atoms with Gasteiger partial charge in [-0.2, -0.15) is 0 Å². The Hall–Kier alpha value is -2.03. The maximum absolute atomic E-state index is 11.8. The number of carbonyl (C=O) groups excluding carboxylic acids is 1. The summed E-state index contributed by atoms with van der Waals surface area (Å²) in [5, 5.41) is 9.91. The fourth-order valence-electron chi connectivity index (χ4n) is 3.26. The first kappa shape index (κ1) is 24.0. The fourth-order valence-corrected chi connectivity index (χ4v) is 3.26. The molecule has 156 valence electrons. The fraction of sp³-hybridized carbons (Fsp3) is 0.560. The highest BCUT2D eigenvalue weighted by Gasteiger charge is 2.16. The summed E-state index contributed by atoms with van der Waals surface area (Å²) in [5.41, 5.74) is 1.19. The van der Waals surface area contributed by atoms with E-state index in [4.69, 9.17) is 4.74 Å². The second kappa shape index (κ2) is 16.0. The van der Waals surface area contributed by atoms with E-state index in [9.17, 15) is 9.90 Å². The van der Waals surface area contributed by atoms with Crippen molar-refractivity contribution in [2.45, 2.75) is 84.0 Å². The molecule has 0 radical (unpaired) electrons. The summed E-state index contributed by atoms with van der Waals surface area (Å²) in [7, 11) is 1.34. The first-order valence-electron chi connectivity index (χ1n) is 10.9. The molecule has 0 amide bonds. The SMILES string of the molecule is CCCCC/C=C\C/C=C\CCCCCCCc1cccc(O)c1C(=O)OC. The molecule has 1 aromatic rings. The molecule has 1 N–H and O–H groups in total. The van der Waals surface area contributed by atoms with Crippen LogP contribution in [0.4, 0.5) is 0 Å². The number of carbonyl (C=O) groups is 1. The molecule has 1 rings (SSSR count). The van der Waals surface area contributed by atoms with Gasteiger partial charge in [-0.15, -0.1) is 0 Å². The zero-order valence-electron chi connectivity index (χ0n) is 17.8. The van der Waals surface area contributed by atoms with Gasteiger partial charge >= 0.3 is 5.97 Å². The van der Waals surface area contributed by atoms with Crippen molar-refractivity contribution in [3.8, 4) is 5.75 Å². The molecular formula is C25H38O3. The Morgan fingerprint density at radius 2 is 1.57 bits per heavy atom. The molecule has 0 bridgehead atoms. The molecule has 0 aromatic heterocycles. The van der Waals surface area contributed by atoms with Crippen LogP contribution in [0.1, 0.15) is 93.5 Å². The Balaban J connectivity index is 2.09. The molecule has 0 saturated carbocycles. The molecule has 28 heavy (non-hydrogen) atoms. The number of hydrogen-bond acceptors (Lipinski definition) is 3. The van der Waals surface area contributed by atoms with Gasteiger partial charge in [0, 0.05) is 0 Å². The lowest BCUT2D eigenvalue weighted by Gasteiger charge is -2.09. The predicted molar refractivity (Wildman–Crippen MR) is 118 cm³/mol. The molecule has 3 heteroatoms. The van der Waals surface area contributed by atoms with Gasteiger partial charge in [0.2, 0.25) is 0 Å². The molecule has 0 atom stereocenters. The number of unbranched alkanes of at least 4 members (excludes halogenated alkanes) is 8. The van der Waals surface area contributed by atoms with Gasteiger partial charge in [0.15, 0.2) is 0 Å². The summed E-state index contributed by atoms with van der Waals surface area (Å²) in [6.07, 6.45) is 23.1. The monoisotopic (exact) mass is 386 g/mol. The van der Waals surface area contributed by atoms with Crippen LogP contribution in [-0.4, -0.2) is 18.2 Å². The summed E-state index contributed by atoms with van der Waals surface area (Å²) in [6, 6.07) is 5.21. The molecular weight excluding hydrogens is 348 g/mol. The van der Waals surface area contributed by atoms with E-state index in [0.29, 0.717) is 5.56 Å². The second-order valence-electron chi connectivity index (χ2n) is 7.28. The highest BCUT2D eigenvalue weighted by atomic mass is 16.5. The number of allylic oxidation sites excluding steroid dienone is 4. The zero-order valence-corrected chi connectivity index (χ0v) is 17.8. The van der Waals surface area contributed by atoms with E-state index in [1.165, 1.54) is 58.1 Å². The van der Waals surface area contributed by atoms with Crippen LogP contribution in [0.25, 0.3) is 0 Å². The smallest absolute Gasteiger partial charge is 0.341 e. The molecule has 0 unspecified atom stereocenters. The van der Waals surface area contributed by atoms with Gasteiger partial charge in [-0.1, -0.05) is 75.5 Å². The summed E-state index contributed by atoms with van der Waals surface area (Å²) in [5.74, 6) is -0.456. The summed E-state index contributed by atoms with van der Waals surface area (Å²) >= 11 is 0. The minimum atomic E-state index is -0.462. The van der Waals surface area contributed by atoms with Crippen LogP contribution >= 0.6 is 0 Å². The molecule has 0 aliphatic heterocycles. The van der Waals surface area contributed by atoms with E-state index < -0.39 is 5.97 Å². The Morgan fingerprint density at radius 1 is 0.929 bits per heavy atom. The predicted octanol–water partition coefficient (Wildman–Crippen LogP) is 7.14. The second-order valence-corrected chi connectivity index (χ2v) is 7.28. The van der Waals surface area contributed by atoms with Crippen molar-refractivity contribution in [3.63, 3.8) is 0 Å². The molecule has 0 spiro atoms. The van der Waals surface area contributed by atoms with Crippen molar-refractivity contribution in [1.82, 2.24) is 0 Å². The number of phenols is 1. The number of aryl methyl sites for hydroxylation is 1. The molecule has 0 fully saturated rings. The van der Waals surface area contributed by atoms with E-state index in [1.54, 1.807) is 6.07 Å². The van der Waals surface area contributed by atoms with Crippen LogP contribution < -0.4 is 0 Å². The van der Waals surface area contributed by atoms with Crippen LogP contribution in [0.3, 0.4) is 0 Å². The molecule has 1 aromatic carbocycles. The topological polar surface area (TPSA) is 46.5 Å². The van der Waals surface area contributed by atoms with Crippen molar-refractivity contribution in [2.75, 3.05) is 7.11 Å². The van der Waals surface area contributed by atoms with E-state index >= 15 is 0 Å². The highest BCUT2D eigenvalue weighted by Crippen LogP contribution is 2.23. The third-order valence-electron chi connectivity index (χ3n) is 4.92. The summed E-state index contributed by atoms with van der Waals surface area (Å²) in [4.78, 5) is 11.8. The number of phenolic OH excluding ortho intramolecular Hbond substituents is 1. The third kappa shape index (κ3) is 10.3. The van der Waals surface area contributed by atoms with Crippen molar-refractivity contribution >= 4 is 5.97 Å². The number of benzene rings is 1. The lowest BCUT2D eigenvalue weighted by molar-refractivity contribution is 0.0596. The number of rotatable bonds is 15. The molecule has 0 saturated heterocycles. The van der Waals surface area contributed by atoms with Gasteiger partial charge in [-0.3, -0.25) is 0 Å². The number of esters is 1. The Bertz CT molecular complexity index is 602. The van der Waals surface area contributed by atoms with Crippen LogP contribution in [0.5, 0.6) is 5.75 Å². The molecule has 0 aliphatic carbocycles. The number of aromatic hydroxyl groups is 1. The van der Waals surface area contributed by atoms with E-state index in [-0.39, 0.29) is 5.75 Å². The number of methoxy groups -OCH3 is 1. The lowest BCUT2D eigenvalue weighted by atomic mass is 9.99. The summed E-state index contributed by atoms with van der Waals surface area (Å²) in [6.45, 7) is 2.24. The van der Waals surface area contributed by atoms with Gasteiger partial charge < -0.3 is 9.84 Å². The van der Waals surface area contributed by atoms with E-state index in [2.05, 4.69) is 31.2 Å². The molecule has 0 aliphatic rings. The van der Waals surface area contributed by atoms with Gasteiger partial charge in [0.1, 0.15) is 11.3 Å². The van der Waals surface area contributed by atoms with Gasteiger partial charge in [0.05, 0.1) is 7.11 Å². The Kier molecular flexibility index (Phi) is 13.7. The van der Waals surface area contributed by atoms with Crippen molar-refractivity contribution in [2.24, 2.45) is 0 Å². The van der Waals surface area contributed by atoms with Crippen LogP contribution in [0.15, 0.2) is 42.5 Å². The zero-order chi connectivity index (χ0) is 20.5.